The molecule has 1 unspecified atom stereocenters. The molecule has 0 bridgehead atoms. The third-order valence-electron chi connectivity index (χ3n) is 4.39. The van der Waals surface area contributed by atoms with Gasteiger partial charge in [0.1, 0.15) is 0 Å². The third-order valence-corrected chi connectivity index (χ3v) is 5.32. The average Bonchev–Trinajstić information content (AvgIpc) is 2.59. The van der Waals surface area contributed by atoms with E-state index < -0.39 is 10.0 Å². The van der Waals surface area contributed by atoms with Gasteiger partial charge in [0, 0.05) is 6.42 Å². The number of carbonyl (C=O) groups is 1. The maximum atomic E-state index is 12.2. The van der Waals surface area contributed by atoms with E-state index >= 15 is 0 Å². The van der Waals surface area contributed by atoms with E-state index in [1.54, 1.807) is 12.1 Å². The molecule has 0 aliphatic heterocycles. The van der Waals surface area contributed by atoms with Crippen molar-refractivity contribution in [2.75, 3.05) is 0 Å². The van der Waals surface area contributed by atoms with E-state index in [1.807, 2.05) is 6.92 Å². The summed E-state index contributed by atoms with van der Waals surface area (Å²) in [4.78, 5) is 12.3. The molecule has 0 aliphatic carbocycles. The zero-order valence-electron chi connectivity index (χ0n) is 16.1. The van der Waals surface area contributed by atoms with Crippen LogP contribution in [0.2, 0.25) is 0 Å². The molecule has 2 aromatic carbocycles. The van der Waals surface area contributed by atoms with Gasteiger partial charge >= 0.3 is 0 Å². The van der Waals surface area contributed by atoms with Crippen molar-refractivity contribution >= 4 is 15.9 Å². The van der Waals surface area contributed by atoms with Crippen LogP contribution in [0.25, 0.3) is 0 Å². The van der Waals surface area contributed by atoms with Gasteiger partial charge in [-0.15, -0.1) is 0 Å². The molecule has 0 saturated carbocycles. The SMILES string of the molecule is CC(C)Cc1ccc(C(C)NC(=O)CCc2ccc(S(N)(=O)=O)cc2)cc1. The number of aryl methyl sites for hydroxylation is 1. The Bertz CT molecular complexity index is 857. The number of nitrogens with two attached hydrogens (primary N) is 1. The highest BCUT2D eigenvalue weighted by Gasteiger charge is 2.11. The second-order valence-corrected chi connectivity index (χ2v) is 8.88. The number of amides is 1. The first-order valence-corrected chi connectivity index (χ1v) is 10.7. The van der Waals surface area contributed by atoms with Crippen LogP contribution in [-0.2, 0) is 27.7 Å². The van der Waals surface area contributed by atoms with E-state index in [4.69, 9.17) is 5.14 Å². The van der Waals surface area contributed by atoms with E-state index in [0.717, 1.165) is 17.5 Å². The Labute approximate surface area is 162 Å². The van der Waals surface area contributed by atoms with Crippen LogP contribution in [0.3, 0.4) is 0 Å². The predicted octanol–water partition coefficient (Wildman–Crippen LogP) is 3.34. The zero-order valence-corrected chi connectivity index (χ0v) is 16.9. The summed E-state index contributed by atoms with van der Waals surface area (Å²) in [6.45, 7) is 6.36. The van der Waals surface area contributed by atoms with Gasteiger partial charge in [0.25, 0.3) is 0 Å². The highest BCUT2D eigenvalue weighted by molar-refractivity contribution is 7.89. The Balaban J connectivity index is 1.86. The van der Waals surface area contributed by atoms with Crippen LogP contribution in [-0.4, -0.2) is 14.3 Å². The maximum absolute atomic E-state index is 12.2. The molecule has 0 heterocycles. The highest BCUT2D eigenvalue weighted by atomic mass is 32.2. The van der Waals surface area contributed by atoms with Gasteiger partial charge in [-0.3, -0.25) is 4.79 Å². The van der Waals surface area contributed by atoms with Crippen LogP contribution in [0.15, 0.2) is 53.4 Å². The average molecular weight is 389 g/mol. The summed E-state index contributed by atoms with van der Waals surface area (Å²) in [6.07, 6.45) is 1.92. The largest absolute Gasteiger partial charge is 0.350 e. The monoisotopic (exact) mass is 388 g/mol. The van der Waals surface area contributed by atoms with Crippen molar-refractivity contribution in [1.29, 1.82) is 0 Å². The Morgan fingerprint density at radius 3 is 2.04 bits per heavy atom. The molecule has 0 fully saturated rings. The Hall–Kier alpha value is -2.18. The van der Waals surface area contributed by atoms with Crippen molar-refractivity contribution in [3.63, 3.8) is 0 Å². The lowest BCUT2D eigenvalue weighted by Crippen LogP contribution is -2.26. The van der Waals surface area contributed by atoms with Crippen molar-refractivity contribution in [2.45, 2.75) is 51.0 Å². The lowest BCUT2D eigenvalue weighted by atomic mass is 10.00. The molecule has 0 aromatic heterocycles. The minimum atomic E-state index is -3.69. The van der Waals surface area contributed by atoms with Crippen molar-refractivity contribution in [1.82, 2.24) is 5.32 Å². The standard InChI is InChI=1S/C21H28N2O3S/c1-15(2)14-18-4-9-19(10-5-18)16(3)23-21(24)13-8-17-6-11-20(12-7-17)27(22,25)26/h4-7,9-12,15-16H,8,13-14H2,1-3H3,(H,23,24)(H2,22,25,26). The van der Waals surface area contributed by atoms with E-state index in [0.29, 0.717) is 18.8 Å². The summed E-state index contributed by atoms with van der Waals surface area (Å²) in [7, 11) is -3.69. The van der Waals surface area contributed by atoms with Crippen LogP contribution >= 0.6 is 0 Å². The number of hydrogen-bond acceptors (Lipinski definition) is 3. The molecule has 2 aromatic rings. The van der Waals surface area contributed by atoms with Crippen LogP contribution in [0.1, 0.15) is 49.9 Å². The van der Waals surface area contributed by atoms with Gasteiger partial charge in [-0.1, -0.05) is 50.2 Å². The fourth-order valence-electron chi connectivity index (χ4n) is 2.91. The molecule has 6 heteroatoms. The minimum Gasteiger partial charge on any atom is -0.350 e. The quantitative estimate of drug-likeness (QED) is 0.727. The van der Waals surface area contributed by atoms with Crippen molar-refractivity contribution in [2.24, 2.45) is 11.1 Å². The normalized spacial score (nSPS) is 12.8. The van der Waals surface area contributed by atoms with Gasteiger partial charge in [-0.2, -0.15) is 0 Å². The van der Waals surface area contributed by atoms with E-state index in [9.17, 15) is 13.2 Å². The third kappa shape index (κ3) is 6.81. The van der Waals surface area contributed by atoms with Gasteiger partial charge in [-0.25, -0.2) is 13.6 Å². The van der Waals surface area contributed by atoms with Crippen molar-refractivity contribution in [3.8, 4) is 0 Å². The second-order valence-electron chi connectivity index (χ2n) is 7.32. The van der Waals surface area contributed by atoms with E-state index in [2.05, 4.69) is 43.4 Å². The lowest BCUT2D eigenvalue weighted by Gasteiger charge is -2.15. The smallest absolute Gasteiger partial charge is 0.238 e. The first kappa shape index (κ1) is 21.1. The molecule has 0 spiro atoms. The molecule has 0 radical (unpaired) electrons. The molecule has 5 nitrogen and oxygen atoms in total. The number of nitrogens with one attached hydrogen (secondary N) is 1. The highest BCUT2D eigenvalue weighted by Crippen LogP contribution is 2.16. The summed E-state index contributed by atoms with van der Waals surface area (Å²) in [5.74, 6) is 0.580. The van der Waals surface area contributed by atoms with Crippen LogP contribution in [0, 0.1) is 5.92 Å². The lowest BCUT2D eigenvalue weighted by molar-refractivity contribution is -0.121. The number of carbonyl (C=O) groups excluding carboxylic acids is 1. The molecule has 1 atom stereocenters. The molecule has 0 aliphatic rings. The molecule has 0 saturated heterocycles. The number of hydrogen-bond donors (Lipinski definition) is 2. The number of rotatable bonds is 8. The molecular weight excluding hydrogens is 360 g/mol. The fraction of sp³-hybridized carbons (Fsp3) is 0.381. The molecule has 2 rings (SSSR count). The summed E-state index contributed by atoms with van der Waals surface area (Å²) >= 11 is 0. The molecular formula is C21H28N2O3S. The van der Waals surface area contributed by atoms with Crippen LogP contribution < -0.4 is 10.5 Å². The zero-order chi connectivity index (χ0) is 20.0. The summed E-state index contributed by atoms with van der Waals surface area (Å²) in [5.41, 5.74) is 3.27. The first-order valence-electron chi connectivity index (χ1n) is 9.15. The number of sulfonamides is 1. The number of primary sulfonamides is 1. The van der Waals surface area contributed by atoms with Gasteiger partial charge in [0.2, 0.25) is 15.9 Å². The predicted molar refractivity (Wildman–Crippen MR) is 108 cm³/mol. The van der Waals surface area contributed by atoms with Crippen molar-refractivity contribution in [3.05, 3.63) is 65.2 Å². The summed E-state index contributed by atoms with van der Waals surface area (Å²) < 4.78 is 22.5. The van der Waals surface area contributed by atoms with Gasteiger partial charge in [-0.05, 0) is 54.5 Å². The molecule has 1 amide bonds. The van der Waals surface area contributed by atoms with Gasteiger partial charge < -0.3 is 5.32 Å². The Kier molecular flexibility index (Phi) is 7.16. The number of benzene rings is 2. The molecule has 3 N–H and O–H groups in total. The summed E-state index contributed by atoms with van der Waals surface area (Å²) in [5, 5.41) is 8.09. The second kappa shape index (κ2) is 9.15. The van der Waals surface area contributed by atoms with E-state index in [-0.39, 0.29) is 16.8 Å². The van der Waals surface area contributed by atoms with Gasteiger partial charge in [0.15, 0.2) is 0 Å². The van der Waals surface area contributed by atoms with Crippen LogP contribution in [0.4, 0.5) is 0 Å². The topological polar surface area (TPSA) is 89.3 Å². The summed E-state index contributed by atoms with van der Waals surface area (Å²) in [6, 6.07) is 14.6. The van der Waals surface area contributed by atoms with Crippen molar-refractivity contribution < 1.29 is 13.2 Å². The van der Waals surface area contributed by atoms with E-state index in [1.165, 1.54) is 17.7 Å². The maximum Gasteiger partial charge on any atom is 0.238 e. The van der Waals surface area contributed by atoms with Gasteiger partial charge in [0.05, 0.1) is 10.9 Å². The molecule has 146 valence electrons. The first-order chi connectivity index (χ1) is 12.6. The Morgan fingerprint density at radius 1 is 0.963 bits per heavy atom. The molecule has 27 heavy (non-hydrogen) atoms. The Morgan fingerprint density at radius 2 is 1.52 bits per heavy atom. The fourth-order valence-corrected chi connectivity index (χ4v) is 3.43. The minimum absolute atomic E-state index is 0.0377. The van der Waals surface area contributed by atoms with Crippen LogP contribution in [0.5, 0.6) is 0 Å².